The number of amides is 1. The van der Waals surface area contributed by atoms with Gasteiger partial charge >= 0.3 is 0 Å². The van der Waals surface area contributed by atoms with Crippen molar-refractivity contribution in [2.45, 2.75) is 51.4 Å². The lowest BCUT2D eigenvalue weighted by molar-refractivity contribution is -0.121. The maximum Gasteiger partial charge on any atom is 0.220 e. The lowest BCUT2D eigenvalue weighted by atomic mass is 10.0. The van der Waals surface area contributed by atoms with Gasteiger partial charge < -0.3 is 10.1 Å². The Morgan fingerprint density at radius 1 is 1.36 bits per heavy atom. The van der Waals surface area contributed by atoms with Crippen molar-refractivity contribution < 1.29 is 9.53 Å². The summed E-state index contributed by atoms with van der Waals surface area (Å²) in [5.74, 6) is 1.69. The lowest BCUT2D eigenvalue weighted by Gasteiger charge is -2.09. The van der Waals surface area contributed by atoms with Gasteiger partial charge in [0, 0.05) is 13.0 Å². The SMILES string of the molecule is COc1ccc(CCC(=O)NCCCC2CCCC2)cc1Cl. The van der Waals surface area contributed by atoms with Gasteiger partial charge in [-0.15, -0.1) is 0 Å². The van der Waals surface area contributed by atoms with Crippen LogP contribution in [0.4, 0.5) is 0 Å². The number of nitrogens with one attached hydrogen (secondary N) is 1. The molecule has 0 atom stereocenters. The first-order chi connectivity index (χ1) is 10.7. The molecule has 0 aliphatic heterocycles. The fourth-order valence-electron chi connectivity index (χ4n) is 3.13. The van der Waals surface area contributed by atoms with Crippen LogP contribution in [-0.4, -0.2) is 19.6 Å². The second kappa shape index (κ2) is 9.04. The highest BCUT2D eigenvalue weighted by molar-refractivity contribution is 6.32. The Labute approximate surface area is 138 Å². The van der Waals surface area contributed by atoms with Crippen LogP contribution in [0.2, 0.25) is 5.02 Å². The van der Waals surface area contributed by atoms with Crippen molar-refractivity contribution in [1.82, 2.24) is 5.32 Å². The van der Waals surface area contributed by atoms with Crippen LogP contribution in [0, 0.1) is 5.92 Å². The first-order valence-corrected chi connectivity index (χ1v) is 8.66. The molecule has 0 aromatic heterocycles. The Bertz CT molecular complexity index is 484. The smallest absolute Gasteiger partial charge is 0.220 e. The highest BCUT2D eigenvalue weighted by Gasteiger charge is 2.14. The van der Waals surface area contributed by atoms with Gasteiger partial charge in [-0.1, -0.05) is 43.4 Å². The standard InChI is InChI=1S/C18H26ClNO2/c1-22-17-10-8-15(13-16(17)19)9-11-18(21)20-12-4-7-14-5-2-3-6-14/h8,10,13-14H,2-7,9,11-12H2,1H3,(H,20,21). The van der Waals surface area contributed by atoms with Crippen LogP contribution in [0.3, 0.4) is 0 Å². The first-order valence-electron chi connectivity index (χ1n) is 8.28. The second-order valence-electron chi connectivity index (χ2n) is 6.11. The summed E-state index contributed by atoms with van der Waals surface area (Å²) in [6, 6.07) is 5.67. The van der Waals surface area contributed by atoms with Crippen molar-refractivity contribution in [3.63, 3.8) is 0 Å². The minimum atomic E-state index is 0.123. The molecule has 22 heavy (non-hydrogen) atoms. The van der Waals surface area contributed by atoms with E-state index in [1.165, 1.54) is 32.1 Å². The van der Waals surface area contributed by atoms with Crippen LogP contribution in [0.15, 0.2) is 18.2 Å². The van der Waals surface area contributed by atoms with Crippen molar-refractivity contribution in [3.8, 4) is 5.75 Å². The normalized spacial score (nSPS) is 15.0. The molecule has 0 radical (unpaired) electrons. The van der Waals surface area contributed by atoms with Crippen LogP contribution in [0.1, 0.15) is 50.5 Å². The van der Waals surface area contributed by atoms with Gasteiger partial charge in [0.1, 0.15) is 5.75 Å². The third-order valence-corrected chi connectivity index (χ3v) is 4.74. The van der Waals surface area contributed by atoms with E-state index < -0.39 is 0 Å². The Kier molecular flexibility index (Phi) is 7.04. The van der Waals surface area contributed by atoms with Crippen molar-refractivity contribution in [2.75, 3.05) is 13.7 Å². The first kappa shape index (κ1) is 17.1. The molecule has 0 heterocycles. The average Bonchev–Trinajstić information content (AvgIpc) is 3.03. The summed E-state index contributed by atoms with van der Waals surface area (Å²) in [5.41, 5.74) is 1.06. The highest BCUT2D eigenvalue weighted by atomic mass is 35.5. The van der Waals surface area contributed by atoms with E-state index in [2.05, 4.69) is 5.32 Å². The third-order valence-electron chi connectivity index (χ3n) is 4.44. The molecule has 1 aliphatic carbocycles. The number of aryl methyl sites for hydroxylation is 1. The summed E-state index contributed by atoms with van der Waals surface area (Å²) >= 11 is 6.08. The quantitative estimate of drug-likeness (QED) is 0.721. The summed E-state index contributed by atoms with van der Waals surface area (Å²) in [6.07, 6.45) is 9.12. The molecule has 1 N–H and O–H groups in total. The van der Waals surface area contributed by atoms with E-state index >= 15 is 0 Å². The molecule has 1 saturated carbocycles. The molecule has 1 amide bonds. The zero-order valence-corrected chi connectivity index (χ0v) is 14.1. The molecule has 1 aromatic rings. The largest absolute Gasteiger partial charge is 0.495 e. The summed E-state index contributed by atoms with van der Waals surface area (Å²) in [5, 5.41) is 3.61. The summed E-state index contributed by atoms with van der Waals surface area (Å²) in [6.45, 7) is 0.804. The van der Waals surface area contributed by atoms with E-state index in [1.54, 1.807) is 7.11 Å². The molecule has 0 saturated heterocycles. The van der Waals surface area contributed by atoms with Crippen LogP contribution in [-0.2, 0) is 11.2 Å². The van der Waals surface area contributed by atoms with Crippen LogP contribution >= 0.6 is 11.6 Å². The maximum atomic E-state index is 11.9. The number of carbonyl (C=O) groups is 1. The molecule has 1 aromatic carbocycles. The fourth-order valence-corrected chi connectivity index (χ4v) is 3.41. The van der Waals surface area contributed by atoms with Crippen molar-refractivity contribution in [1.29, 1.82) is 0 Å². The third kappa shape index (κ3) is 5.53. The molecular weight excluding hydrogens is 298 g/mol. The van der Waals surface area contributed by atoms with Crippen LogP contribution in [0.5, 0.6) is 5.75 Å². The van der Waals surface area contributed by atoms with Gasteiger partial charge in [0.05, 0.1) is 12.1 Å². The minimum Gasteiger partial charge on any atom is -0.495 e. The Balaban J connectivity index is 1.61. The van der Waals surface area contributed by atoms with Crippen LogP contribution < -0.4 is 10.1 Å². The number of ether oxygens (including phenoxy) is 1. The van der Waals surface area contributed by atoms with Gasteiger partial charge in [0.15, 0.2) is 0 Å². The molecule has 122 valence electrons. The summed E-state index contributed by atoms with van der Waals surface area (Å²) in [4.78, 5) is 11.9. The molecule has 0 bridgehead atoms. The van der Waals surface area contributed by atoms with Gasteiger partial charge in [-0.25, -0.2) is 0 Å². The second-order valence-corrected chi connectivity index (χ2v) is 6.52. The van der Waals surface area contributed by atoms with Gasteiger partial charge in [-0.05, 0) is 42.9 Å². The molecular formula is C18H26ClNO2. The lowest BCUT2D eigenvalue weighted by Crippen LogP contribution is -2.24. The van der Waals surface area contributed by atoms with Crippen molar-refractivity contribution in [3.05, 3.63) is 28.8 Å². The predicted molar refractivity (Wildman–Crippen MR) is 90.5 cm³/mol. The summed E-state index contributed by atoms with van der Waals surface area (Å²) < 4.78 is 5.12. The number of rotatable bonds is 8. The predicted octanol–water partition coefficient (Wildman–Crippen LogP) is 4.37. The van der Waals surface area contributed by atoms with Crippen molar-refractivity contribution in [2.24, 2.45) is 5.92 Å². The molecule has 0 spiro atoms. The molecule has 3 nitrogen and oxygen atoms in total. The van der Waals surface area contributed by atoms with E-state index in [0.29, 0.717) is 23.6 Å². The monoisotopic (exact) mass is 323 g/mol. The molecule has 0 unspecified atom stereocenters. The van der Waals surface area contributed by atoms with Gasteiger partial charge in [0.25, 0.3) is 0 Å². The minimum absolute atomic E-state index is 0.123. The molecule has 1 aliphatic rings. The molecule has 1 fully saturated rings. The maximum absolute atomic E-state index is 11.9. The van der Waals surface area contributed by atoms with Gasteiger partial charge in [0.2, 0.25) is 5.91 Å². The zero-order valence-electron chi connectivity index (χ0n) is 13.4. The molecule has 4 heteroatoms. The van der Waals surface area contributed by atoms with Gasteiger partial charge in [-0.3, -0.25) is 4.79 Å². The zero-order chi connectivity index (χ0) is 15.8. The number of carbonyl (C=O) groups excluding carboxylic acids is 1. The Hall–Kier alpha value is -1.22. The van der Waals surface area contributed by atoms with Crippen molar-refractivity contribution >= 4 is 17.5 Å². The number of benzene rings is 1. The van der Waals surface area contributed by atoms with E-state index in [4.69, 9.17) is 16.3 Å². The number of hydrogen-bond acceptors (Lipinski definition) is 2. The van der Waals surface area contributed by atoms with Gasteiger partial charge in [-0.2, -0.15) is 0 Å². The van der Waals surface area contributed by atoms with E-state index in [0.717, 1.165) is 24.4 Å². The number of hydrogen-bond donors (Lipinski definition) is 1. The summed E-state index contributed by atoms with van der Waals surface area (Å²) in [7, 11) is 1.60. The Morgan fingerprint density at radius 3 is 2.82 bits per heavy atom. The van der Waals surface area contributed by atoms with E-state index in [-0.39, 0.29) is 5.91 Å². The van der Waals surface area contributed by atoms with Crippen LogP contribution in [0.25, 0.3) is 0 Å². The topological polar surface area (TPSA) is 38.3 Å². The highest BCUT2D eigenvalue weighted by Crippen LogP contribution is 2.28. The number of methoxy groups -OCH3 is 1. The van der Waals surface area contributed by atoms with E-state index in [1.807, 2.05) is 18.2 Å². The fraction of sp³-hybridized carbons (Fsp3) is 0.611. The molecule has 2 rings (SSSR count). The number of halogens is 1. The average molecular weight is 324 g/mol. The van der Waals surface area contributed by atoms with E-state index in [9.17, 15) is 4.79 Å². The Morgan fingerprint density at radius 2 is 2.14 bits per heavy atom.